The van der Waals surface area contributed by atoms with Gasteiger partial charge < -0.3 is 5.73 Å². The van der Waals surface area contributed by atoms with E-state index >= 15 is 0 Å². The fourth-order valence-electron chi connectivity index (χ4n) is 0.846. The van der Waals surface area contributed by atoms with Crippen LogP contribution in [0.3, 0.4) is 0 Å². The van der Waals surface area contributed by atoms with Crippen molar-refractivity contribution < 1.29 is 17.2 Å². The highest BCUT2D eigenvalue weighted by Crippen LogP contribution is 2.31. The first kappa shape index (κ1) is 12.6. The average Bonchev–Trinajstić information content (AvgIpc) is 2.00. The molecule has 84 valence electrons. The third kappa shape index (κ3) is 2.76. The lowest BCUT2D eigenvalue weighted by molar-refractivity contribution is 0.151. The number of aromatic nitrogens is 1. The number of alkyl halides is 2. The molecule has 0 aliphatic carbocycles. The molecule has 15 heavy (non-hydrogen) atoms. The van der Waals surface area contributed by atoms with Crippen molar-refractivity contribution in [3.8, 4) is 0 Å². The van der Waals surface area contributed by atoms with Crippen LogP contribution in [0.4, 0.5) is 14.6 Å². The number of pyridine rings is 1. The number of halogens is 4. The van der Waals surface area contributed by atoms with Crippen molar-refractivity contribution in [1.82, 2.24) is 4.98 Å². The number of anilines is 1. The number of hydrogen-bond donors (Lipinski definition) is 1. The quantitative estimate of drug-likeness (QED) is 0.670. The summed E-state index contributed by atoms with van der Waals surface area (Å²) in [6.07, 6.45) is -2.91. The van der Waals surface area contributed by atoms with Crippen molar-refractivity contribution in [2.75, 3.05) is 5.73 Å². The lowest BCUT2D eigenvalue weighted by atomic mass is 10.3. The summed E-state index contributed by atoms with van der Waals surface area (Å²) in [6, 6.07) is 0.694. The van der Waals surface area contributed by atoms with E-state index in [2.05, 4.69) is 20.9 Å². The minimum absolute atomic E-state index is 0.195. The fraction of sp³-hybridized carbons (Fsp3) is 0.167. The van der Waals surface area contributed by atoms with Crippen LogP contribution in [-0.4, -0.2) is 13.4 Å². The summed E-state index contributed by atoms with van der Waals surface area (Å²) in [5.74, 6) is -0.444. The monoisotopic (exact) mass is 320 g/mol. The van der Waals surface area contributed by atoms with Gasteiger partial charge in [0.25, 0.3) is 15.5 Å². The lowest BCUT2D eigenvalue weighted by Crippen LogP contribution is -2.03. The topological polar surface area (TPSA) is 73.0 Å². The van der Waals surface area contributed by atoms with Crippen molar-refractivity contribution >= 4 is 41.5 Å². The minimum atomic E-state index is -4.13. The Labute approximate surface area is 97.0 Å². The van der Waals surface area contributed by atoms with Gasteiger partial charge in [0.2, 0.25) is 0 Å². The third-order valence-electron chi connectivity index (χ3n) is 1.50. The van der Waals surface area contributed by atoms with E-state index in [0.29, 0.717) is 6.07 Å². The summed E-state index contributed by atoms with van der Waals surface area (Å²) < 4.78 is 46.4. The van der Waals surface area contributed by atoms with Crippen LogP contribution in [0, 0.1) is 0 Å². The maximum atomic E-state index is 12.4. The van der Waals surface area contributed by atoms with Gasteiger partial charge in [-0.25, -0.2) is 22.2 Å². The molecule has 0 aliphatic heterocycles. The Balaban J connectivity index is 3.50. The predicted octanol–water partition coefficient (Wildman–Crippen LogP) is 2.29. The van der Waals surface area contributed by atoms with Crippen molar-refractivity contribution in [3.63, 3.8) is 0 Å². The Morgan fingerprint density at radius 2 is 2.07 bits per heavy atom. The Bertz CT molecular complexity index is 494. The van der Waals surface area contributed by atoms with Gasteiger partial charge in [0, 0.05) is 10.7 Å². The molecule has 0 aromatic carbocycles. The van der Waals surface area contributed by atoms with Crippen LogP contribution in [0.2, 0.25) is 0 Å². The summed E-state index contributed by atoms with van der Waals surface area (Å²) in [6.45, 7) is 0. The van der Waals surface area contributed by atoms with E-state index in [1.54, 1.807) is 0 Å². The van der Waals surface area contributed by atoms with Crippen LogP contribution in [0.1, 0.15) is 12.0 Å². The zero-order valence-corrected chi connectivity index (χ0v) is 10.1. The molecule has 0 amide bonds. The van der Waals surface area contributed by atoms with E-state index < -0.39 is 31.8 Å². The normalized spacial score (nSPS) is 12.1. The molecule has 4 nitrogen and oxygen atoms in total. The van der Waals surface area contributed by atoms with E-state index in [4.69, 9.17) is 16.4 Å². The number of nitrogens with zero attached hydrogens (tertiary/aromatic N) is 1. The number of nitrogens with two attached hydrogens (primary N) is 1. The molecule has 1 aromatic rings. The Hall–Kier alpha value is -0.470. The highest BCUT2D eigenvalue weighted by Gasteiger charge is 2.22. The molecule has 0 fully saturated rings. The molecule has 0 spiro atoms. The van der Waals surface area contributed by atoms with E-state index in [1.807, 2.05) is 0 Å². The summed E-state index contributed by atoms with van der Waals surface area (Å²) in [5, 5.41) is 0. The first-order chi connectivity index (χ1) is 6.73. The summed E-state index contributed by atoms with van der Waals surface area (Å²) >= 11 is 2.77. The van der Waals surface area contributed by atoms with Gasteiger partial charge >= 0.3 is 0 Å². The van der Waals surface area contributed by atoms with Gasteiger partial charge in [0.1, 0.15) is 15.3 Å². The molecule has 0 saturated heterocycles. The second-order valence-electron chi connectivity index (χ2n) is 2.49. The van der Waals surface area contributed by atoms with Crippen molar-refractivity contribution in [2.45, 2.75) is 11.3 Å². The van der Waals surface area contributed by atoms with Gasteiger partial charge in [-0.15, -0.1) is 0 Å². The van der Waals surface area contributed by atoms with Gasteiger partial charge in [0.05, 0.1) is 5.56 Å². The Kier molecular flexibility index (Phi) is 3.51. The highest BCUT2D eigenvalue weighted by molar-refractivity contribution is 9.10. The minimum Gasteiger partial charge on any atom is -0.383 e. The van der Waals surface area contributed by atoms with Crippen LogP contribution < -0.4 is 5.73 Å². The largest absolute Gasteiger partial charge is 0.383 e. The van der Waals surface area contributed by atoms with Crippen LogP contribution in [0.25, 0.3) is 0 Å². The molecular weight excluding hydrogens is 317 g/mol. The zero-order chi connectivity index (χ0) is 11.8. The molecular formula is C6H4BrClF2N2O2S. The smallest absolute Gasteiger partial charge is 0.267 e. The standard InChI is InChI=1S/C6H4BrClF2N2O2S/c7-4-3(15(8,13)14)1-2(5(9)10)6(11)12-4/h1,5H,(H2,11,12). The van der Waals surface area contributed by atoms with E-state index in [1.165, 1.54) is 0 Å². The first-order valence-electron chi connectivity index (χ1n) is 3.42. The molecule has 0 aliphatic rings. The lowest BCUT2D eigenvalue weighted by Gasteiger charge is -2.06. The maximum absolute atomic E-state index is 12.4. The SMILES string of the molecule is Nc1nc(Br)c(S(=O)(=O)Cl)cc1C(F)F. The predicted molar refractivity (Wildman–Crippen MR) is 54.3 cm³/mol. The highest BCUT2D eigenvalue weighted by atomic mass is 79.9. The molecule has 0 radical (unpaired) electrons. The second kappa shape index (κ2) is 4.18. The Morgan fingerprint density at radius 3 is 2.47 bits per heavy atom. The van der Waals surface area contributed by atoms with Crippen molar-refractivity contribution in [2.24, 2.45) is 0 Å². The number of hydrogen-bond acceptors (Lipinski definition) is 4. The van der Waals surface area contributed by atoms with Crippen LogP contribution in [0.5, 0.6) is 0 Å². The van der Waals surface area contributed by atoms with Crippen molar-refractivity contribution in [1.29, 1.82) is 0 Å². The van der Waals surface area contributed by atoms with Gasteiger partial charge in [-0.05, 0) is 22.0 Å². The number of nitrogen functional groups attached to an aromatic ring is 1. The van der Waals surface area contributed by atoms with Crippen LogP contribution >= 0.6 is 26.6 Å². The van der Waals surface area contributed by atoms with Gasteiger partial charge in [-0.1, -0.05) is 0 Å². The molecule has 0 saturated carbocycles. The van der Waals surface area contributed by atoms with Gasteiger partial charge in [-0.3, -0.25) is 0 Å². The molecule has 9 heteroatoms. The number of rotatable bonds is 2. The second-order valence-corrected chi connectivity index (χ2v) is 5.78. The van der Waals surface area contributed by atoms with E-state index in [-0.39, 0.29) is 4.60 Å². The first-order valence-corrected chi connectivity index (χ1v) is 6.52. The average molecular weight is 322 g/mol. The van der Waals surface area contributed by atoms with Gasteiger partial charge in [0.15, 0.2) is 0 Å². The van der Waals surface area contributed by atoms with E-state index in [9.17, 15) is 17.2 Å². The summed E-state index contributed by atoms with van der Waals surface area (Å²) in [4.78, 5) is 2.88. The van der Waals surface area contributed by atoms with Crippen LogP contribution in [0.15, 0.2) is 15.6 Å². The molecule has 0 atom stereocenters. The molecule has 1 rings (SSSR count). The van der Waals surface area contributed by atoms with Gasteiger partial charge in [-0.2, -0.15) is 0 Å². The maximum Gasteiger partial charge on any atom is 0.267 e. The third-order valence-corrected chi connectivity index (χ3v) is 3.70. The Morgan fingerprint density at radius 1 is 1.53 bits per heavy atom. The fourth-order valence-corrected chi connectivity index (χ4v) is 2.94. The summed E-state index contributed by atoms with van der Waals surface area (Å²) in [5.41, 5.74) is 4.51. The zero-order valence-electron chi connectivity index (χ0n) is 6.92. The molecule has 0 unspecified atom stereocenters. The van der Waals surface area contributed by atoms with Crippen molar-refractivity contribution in [3.05, 3.63) is 16.2 Å². The molecule has 2 N–H and O–H groups in total. The molecule has 1 aromatic heterocycles. The van der Waals surface area contributed by atoms with E-state index in [0.717, 1.165) is 0 Å². The van der Waals surface area contributed by atoms with Crippen LogP contribution in [-0.2, 0) is 9.05 Å². The summed E-state index contributed by atoms with van der Waals surface area (Å²) in [7, 11) is 0.877. The molecule has 0 bridgehead atoms. The molecule has 1 heterocycles.